The molecule has 2 aromatic rings. The summed E-state index contributed by atoms with van der Waals surface area (Å²) in [4.78, 5) is 27.6. The summed E-state index contributed by atoms with van der Waals surface area (Å²) in [6, 6.07) is 9.36. The molecule has 36 heavy (non-hydrogen) atoms. The van der Waals surface area contributed by atoms with Gasteiger partial charge in [-0.15, -0.1) is 0 Å². The van der Waals surface area contributed by atoms with Gasteiger partial charge in [0.2, 0.25) is 21.8 Å². The van der Waals surface area contributed by atoms with Gasteiger partial charge in [0.25, 0.3) is 0 Å². The van der Waals surface area contributed by atoms with Gasteiger partial charge in [0.05, 0.1) is 11.4 Å². The van der Waals surface area contributed by atoms with Crippen molar-refractivity contribution in [3.05, 3.63) is 53.8 Å². The highest BCUT2D eigenvalue weighted by Crippen LogP contribution is 2.35. The monoisotopic (exact) mass is 521 g/mol. The van der Waals surface area contributed by atoms with Gasteiger partial charge in [-0.3, -0.25) is 13.9 Å². The van der Waals surface area contributed by atoms with E-state index in [1.54, 1.807) is 19.1 Å². The molecular formula is C25H32FN3O6S. The molecule has 1 N–H and O–H groups in total. The molecule has 2 amide bonds. The Hall–Kier alpha value is -3.34. The number of carbonyl (C=O) groups is 2. The summed E-state index contributed by atoms with van der Waals surface area (Å²) < 4.78 is 51.6. The highest BCUT2D eigenvalue weighted by atomic mass is 32.2. The van der Waals surface area contributed by atoms with Crippen molar-refractivity contribution >= 4 is 27.5 Å². The van der Waals surface area contributed by atoms with Crippen molar-refractivity contribution in [2.24, 2.45) is 0 Å². The Kier molecular flexibility index (Phi) is 9.14. The van der Waals surface area contributed by atoms with E-state index in [2.05, 4.69) is 5.32 Å². The van der Waals surface area contributed by atoms with Crippen molar-refractivity contribution in [2.75, 3.05) is 36.4 Å². The SMILES string of the molecule is CCCNC(=O)[C@H](C)N(Cc1ccc(F)cc1)C(=O)CN(c1ccc2c(c1)OCCO2)S(=O)(=O)CC. The fraction of sp³-hybridized carbons (Fsp3) is 0.440. The summed E-state index contributed by atoms with van der Waals surface area (Å²) in [6.07, 6.45) is 0.719. The maximum atomic E-state index is 13.6. The van der Waals surface area contributed by atoms with Crippen molar-refractivity contribution in [3.8, 4) is 11.5 Å². The van der Waals surface area contributed by atoms with Crippen LogP contribution in [0.5, 0.6) is 11.5 Å². The Bertz CT molecular complexity index is 1170. The summed E-state index contributed by atoms with van der Waals surface area (Å²) in [7, 11) is -3.87. The molecule has 0 radical (unpaired) electrons. The predicted molar refractivity (Wildman–Crippen MR) is 134 cm³/mol. The third-order valence-electron chi connectivity index (χ3n) is 5.78. The quantitative estimate of drug-likeness (QED) is 0.488. The van der Waals surface area contributed by atoms with Crippen LogP contribution in [0.4, 0.5) is 10.1 Å². The van der Waals surface area contributed by atoms with Gasteiger partial charge in [-0.25, -0.2) is 12.8 Å². The number of hydrogen-bond donors (Lipinski definition) is 1. The molecule has 2 aromatic carbocycles. The number of rotatable bonds is 11. The van der Waals surface area contributed by atoms with Gasteiger partial charge in [0.1, 0.15) is 31.6 Å². The van der Waals surface area contributed by atoms with Crippen LogP contribution in [0.1, 0.15) is 32.8 Å². The number of ether oxygens (including phenoxy) is 2. The number of hydrogen-bond acceptors (Lipinski definition) is 6. The predicted octanol–water partition coefficient (Wildman–Crippen LogP) is 2.70. The second-order valence-corrected chi connectivity index (χ2v) is 10.5. The van der Waals surface area contributed by atoms with Crippen LogP contribution in [0.2, 0.25) is 0 Å². The molecule has 9 nitrogen and oxygen atoms in total. The smallest absolute Gasteiger partial charge is 0.244 e. The molecule has 0 unspecified atom stereocenters. The minimum absolute atomic E-state index is 0.000969. The number of carbonyl (C=O) groups excluding carboxylic acids is 2. The Morgan fingerprint density at radius 1 is 1.06 bits per heavy atom. The van der Waals surface area contributed by atoms with Gasteiger partial charge in [0.15, 0.2) is 11.5 Å². The van der Waals surface area contributed by atoms with Crippen molar-refractivity contribution in [2.45, 2.75) is 39.8 Å². The van der Waals surface area contributed by atoms with Crippen LogP contribution >= 0.6 is 0 Å². The highest BCUT2D eigenvalue weighted by molar-refractivity contribution is 7.92. The highest BCUT2D eigenvalue weighted by Gasteiger charge is 2.31. The van der Waals surface area contributed by atoms with Gasteiger partial charge in [-0.2, -0.15) is 0 Å². The Balaban J connectivity index is 1.93. The minimum atomic E-state index is -3.87. The first-order valence-electron chi connectivity index (χ1n) is 11.9. The number of nitrogens with zero attached hydrogens (tertiary/aromatic N) is 2. The number of sulfonamides is 1. The lowest BCUT2D eigenvalue weighted by atomic mass is 10.1. The van der Waals surface area contributed by atoms with E-state index in [-0.39, 0.29) is 23.9 Å². The largest absolute Gasteiger partial charge is 0.486 e. The van der Waals surface area contributed by atoms with E-state index in [1.807, 2.05) is 6.92 Å². The van der Waals surface area contributed by atoms with Crippen molar-refractivity contribution in [1.82, 2.24) is 10.2 Å². The molecule has 0 aromatic heterocycles. The summed E-state index contributed by atoms with van der Waals surface area (Å²) in [5, 5.41) is 2.77. The minimum Gasteiger partial charge on any atom is -0.486 e. The Morgan fingerprint density at radius 2 is 1.72 bits per heavy atom. The number of anilines is 1. The second kappa shape index (κ2) is 12.1. The lowest BCUT2D eigenvalue weighted by Gasteiger charge is -2.32. The molecule has 0 aliphatic carbocycles. The third-order valence-corrected chi connectivity index (χ3v) is 7.52. The van der Waals surface area contributed by atoms with Gasteiger partial charge < -0.3 is 19.7 Å². The molecule has 0 saturated heterocycles. The zero-order chi connectivity index (χ0) is 26.3. The lowest BCUT2D eigenvalue weighted by molar-refractivity contribution is -0.139. The number of halogens is 1. The van der Waals surface area contributed by atoms with Crippen LogP contribution < -0.4 is 19.1 Å². The Morgan fingerprint density at radius 3 is 2.36 bits per heavy atom. The standard InChI is InChI=1S/C25H32FN3O6S/c1-4-12-27-25(31)18(3)28(16-19-6-8-20(26)9-7-19)24(30)17-29(36(32,33)5-2)21-10-11-22-23(15-21)35-14-13-34-22/h6-11,15,18H,4-5,12-14,16-17H2,1-3H3,(H,27,31)/t18-/m0/s1. The maximum Gasteiger partial charge on any atom is 0.244 e. The molecule has 0 spiro atoms. The van der Waals surface area contributed by atoms with Crippen LogP contribution in [-0.4, -0.2) is 63.2 Å². The van der Waals surface area contributed by atoms with Crippen LogP contribution in [0.3, 0.4) is 0 Å². The van der Waals surface area contributed by atoms with Crippen LogP contribution in [0.15, 0.2) is 42.5 Å². The summed E-state index contributed by atoms with van der Waals surface area (Å²) in [5.74, 6) is -0.729. The summed E-state index contributed by atoms with van der Waals surface area (Å²) in [6.45, 7) is 5.60. The first-order valence-corrected chi connectivity index (χ1v) is 13.5. The van der Waals surface area contributed by atoms with Crippen molar-refractivity contribution in [1.29, 1.82) is 0 Å². The van der Waals surface area contributed by atoms with Crippen LogP contribution in [0, 0.1) is 5.82 Å². The summed E-state index contributed by atoms with van der Waals surface area (Å²) >= 11 is 0. The summed E-state index contributed by atoms with van der Waals surface area (Å²) in [5.41, 5.74) is 0.850. The first-order chi connectivity index (χ1) is 17.2. The average molecular weight is 522 g/mol. The van der Waals surface area contributed by atoms with E-state index in [4.69, 9.17) is 9.47 Å². The lowest BCUT2D eigenvalue weighted by Crippen LogP contribution is -2.51. The molecule has 11 heteroatoms. The van der Waals surface area contributed by atoms with E-state index >= 15 is 0 Å². The zero-order valence-electron chi connectivity index (χ0n) is 20.7. The molecule has 1 aliphatic heterocycles. The topological polar surface area (TPSA) is 105 Å². The third kappa shape index (κ3) is 6.66. The fourth-order valence-electron chi connectivity index (χ4n) is 3.67. The van der Waals surface area contributed by atoms with Gasteiger partial charge in [-0.05, 0) is 50.1 Å². The maximum absolute atomic E-state index is 13.6. The number of amides is 2. The van der Waals surface area contributed by atoms with Gasteiger partial charge in [0, 0.05) is 19.2 Å². The molecule has 1 aliphatic rings. The van der Waals surface area contributed by atoms with E-state index in [0.717, 1.165) is 10.7 Å². The van der Waals surface area contributed by atoms with Crippen LogP contribution in [-0.2, 0) is 26.2 Å². The van der Waals surface area contributed by atoms with Crippen molar-refractivity contribution in [3.63, 3.8) is 0 Å². The molecular weight excluding hydrogens is 489 g/mol. The Labute approximate surface area is 211 Å². The molecule has 0 bridgehead atoms. The van der Waals surface area contributed by atoms with E-state index < -0.39 is 34.3 Å². The van der Waals surface area contributed by atoms with Gasteiger partial charge >= 0.3 is 0 Å². The van der Waals surface area contributed by atoms with E-state index in [9.17, 15) is 22.4 Å². The molecule has 3 rings (SSSR count). The molecule has 1 atom stereocenters. The van der Waals surface area contributed by atoms with Gasteiger partial charge in [-0.1, -0.05) is 19.1 Å². The average Bonchev–Trinajstić information content (AvgIpc) is 2.89. The van der Waals surface area contributed by atoms with E-state index in [0.29, 0.717) is 36.8 Å². The fourth-order valence-corrected chi connectivity index (χ4v) is 4.73. The van der Waals surface area contributed by atoms with Crippen LogP contribution in [0.25, 0.3) is 0 Å². The number of benzene rings is 2. The molecule has 0 saturated carbocycles. The molecule has 0 fully saturated rings. The number of fused-ring (bicyclic) bond motifs is 1. The first kappa shape index (κ1) is 27.3. The second-order valence-electron chi connectivity index (χ2n) is 8.35. The molecule has 1 heterocycles. The normalized spacial score (nSPS) is 13.6. The molecule has 196 valence electrons. The zero-order valence-corrected chi connectivity index (χ0v) is 21.5. The number of nitrogens with one attached hydrogen (secondary N) is 1. The van der Waals surface area contributed by atoms with Crippen molar-refractivity contribution < 1.29 is 31.9 Å². The van der Waals surface area contributed by atoms with E-state index in [1.165, 1.54) is 42.2 Å².